The third-order valence-corrected chi connectivity index (χ3v) is 3.28. The molecule has 16 heavy (non-hydrogen) atoms. The van der Waals surface area contributed by atoms with Gasteiger partial charge < -0.3 is 15.4 Å². The molecule has 0 bridgehead atoms. The smallest absolute Gasteiger partial charge is 0.0574 e. The average molecular weight is 220 g/mol. The minimum atomic E-state index is 0.172. The second-order valence-electron chi connectivity index (χ2n) is 4.55. The van der Waals surface area contributed by atoms with Gasteiger partial charge in [-0.2, -0.15) is 0 Å². The molecule has 1 heterocycles. The highest BCUT2D eigenvalue weighted by atomic mass is 16.5. The lowest BCUT2D eigenvalue weighted by atomic mass is 9.85. The first-order chi connectivity index (χ1) is 7.79. The zero-order valence-corrected chi connectivity index (χ0v) is 9.86. The van der Waals surface area contributed by atoms with Gasteiger partial charge in [-0.05, 0) is 19.1 Å². The first-order valence-electron chi connectivity index (χ1n) is 5.87. The van der Waals surface area contributed by atoms with E-state index in [0.717, 1.165) is 26.3 Å². The lowest BCUT2D eigenvalue weighted by Gasteiger charge is -2.44. The van der Waals surface area contributed by atoms with Crippen LogP contribution in [0.1, 0.15) is 6.92 Å². The molecule has 1 fully saturated rings. The van der Waals surface area contributed by atoms with Crippen LogP contribution in [0.4, 0.5) is 5.69 Å². The summed E-state index contributed by atoms with van der Waals surface area (Å²) in [5.74, 6) is 0. The van der Waals surface area contributed by atoms with E-state index in [4.69, 9.17) is 10.5 Å². The first kappa shape index (κ1) is 11.4. The molecule has 0 radical (unpaired) electrons. The van der Waals surface area contributed by atoms with E-state index in [-0.39, 0.29) is 5.41 Å². The van der Waals surface area contributed by atoms with Crippen molar-refractivity contribution in [3.63, 3.8) is 0 Å². The van der Waals surface area contributed by atoms with Gasteiger partial charge in [-0.3, -0.25) is 0 Å². The molecule has 1 saturated heterocycles. The van der Waals surface area contributed by atoms with Crippen LogP contribution in [0.5, 0.6) is 0 Å². The molecule has 0 atom stereocenters. The summed E-state index contributed by atoms with van der Waals surface area (Å²) in [6.07, 6.45) is 0. The predicted octanol–water partition coefficient (Wildman–Crippen LogP) is 1.49. The Labute approximate surface area is 97.2 Å². The number of rotatable bonds is 5. The second-order valence-corrected chi connectivity index (χ2v) is 4.55. The number of hydrogen-bond donors (Lipinski definition) is 1. The largest absolute Gasteiger partial charge is 0.380 e. The molecule has 3 nitrogen and oxygen atoms in total. The standard InChI is InChI=1S/C13H20N2O/c1-2-15(12-6-4-3-5-7-12)9-13(8-14)10-16-11-13/h3-7H,2,8-11,14H2,1H3. The number of benzene rings is 1. The van der Waals surface area contributed by atoms with Crippen molar-refractivity contribution < 1.29 is 4.74 Å². The molecular formula is C13H20N2O. The number of anilines is 1. The van der Waals surface area contributed by atoms with Crippen LogP contribution >= 0.6 is 0 Å². The normalized spacial score (nSPS) is 17.9. The van der Waals surface area contributed by atoms with Crippen molar-refractivity contribution in [1.29, 1.82) is 0 Å². The van der Waals surface area contributed by atoms with Crippen molar-refractivity contribution >= 4 is 5.69 Å². The van der Waals surface area contributed by atoms with Gasteiger partial charge in [0.15, 0.2) is 0 Å². The van der Waals surface area contributed by atoms with E-state index in [1.165, 1.54) is 5.69 Å². The molecule has 0 aliphatic carbocycles. The van der Waals surface area contributed by atoms with Gasteiger partial charge in [0.25, 0.3) is 0 Å². The van der Waals surface area contributed by atoms with Crippen LogP contribution < -0.4 is 10.6 Å². The summed E-state index contributed by atoms with van der Waals surface area (Å²) < 4.78 is 5.30. The molecule has 2 rings (SSSR count). The van der Waals surface area contributed by atoms with Crippen LogP contribution in [0.2, 0.25) is 0 Å². The highest BCUT2D eigenvalue weighted by Crippen LogP contribution is 2.29. The third-order valence-electron chi connectivity index (χ3n) is 3.28. The van der Waals surface area contributed by atoms with Crippen LogP contribution in [-0.2, 0) is 4.74 Å². The molecule has 1 aliphatic heterocycles. The van der Waals surface area contributed by atoms with Gasteiger partial charge in [0.1, 0.15) is 0 Å². The van der Waals surface area contributed by atoms with Gasteiger partial charge in [-0.1, -0.05) is 18.2 Å². The Bertz CT molecular complexity index is 316. The minimum Gasteiger partial charge on any atom is -0.380 e. The van der Waals surface area contributed by atoms with Crippen molar-refractivity contribution in [3.8, 4) is 0 Å². The van der Waals surface area contributed by atoms with E-state index >= 15 is 0 Å². The SMILES string of the molecule is CCN(CC1(CN)COC1)c1ccccc1. The van der Waals surface area contributed by atoms with E-state index in [0.29, 0.717) is 6.54 Å². The van der Waals surface area contributed by atoms with Crippen LogP contribution in [0.25, 0.3) is 0 Å². The zero-order valence-electron chi connectivity index (χ0n) is 9.86. The van der Waals surface area contributed by atoms with Gasteiger partial charge in [0.05, 0.1) is 13.2 Å². The fourth-order valence-corrected chi connectivity index (χ4v) is 2.09. The number of para-hydroxylation sites is 1. The molecule has 1 aromatic carbocycles. The molecule has 0 aromatic heterocycles. The van der Waals surface area contributed by atoms with E-state index < -0.39 is 0 Å². The van der Waals surface area contributed by atoms with Crippen molar-refractivity contribution in [2.45, 2.75) is 6.92 Å². The Morgan fingerprint density at radius 1 is 1.31 bits per heavy atom. The van der Waals surface area contributed by atoms with Gasteiger partial charge in [0, 0.05) is 30.7 Å². The molecular weight excluding hydrogens is 200 g/mol. The Balaban J connectivity index is 2.06. The summed E-state index contributed by atoms with van der Waals surface area (Å²) in [6.45, 7) is 6.47. The maximum atomic E-state index is 5.84. The predicted molar refractivity (Wildman–Crippen MR) is 66.6 cm³/mol. The zero-order chi connectivity index (χ0) is 11.4. The molecule has 0 saturated carbocycles. The molecule has 0 spiro atoms. The maximum absolute atomic E-state index is 5.84. The molecule has 3 heteroatoms. The maximum Gasteiger partial charge on any atom is 0.0574 e. The Hall–Kier alpha value is -1.06. The summed E-state index contributed by atoms with van der Waals surface area (Å²) in [7, 11) is 0. The Morgan fingerprint density at radius 3 is 2.44 bits per heavy atom. The fraction of sp³-hybridized carbons (Fsp3) is 0.538. The quantitative estimate of drug-likeness (QED) is 0.817. The molecule has 0 amide bonds. The van der Waals surface area contributed by atoms with Crippen LogP contribution in [0, 0.1) is 5.41 Å². The van der Waals surface area contributed by atoms with Crippen molar-refractivity contribution in [3.05, 3.63) is 30.3 Å². The summed E-state index contributed by atoms with van der Waals surface area (Å²) in [5, 5.41) is 0. The number of ether oxygens (including phenoxy) is 1. The molecule has 1 aromatic rings. The van der Waals surface area contributed by atoms with Crippen LogP contribution in [0.3, 0.4) is 0 Å². The van der Waals surface area contributed by atoms with E-state index in [1.54, 1.807) is 0 Å². The van der Waals surface area contributed by atoms with Crippen molar-refractivity contribution in [1.82, 2.24) is 0 Å². The van der Waals surface area contributed by atoms with Gasteiger partial charge in [0.2, 0.25) is 0 Å². The van der Waals surface area contributed by atoms with Crippen LogP contribution in [-0.4, -0.2) is 32.8 Å². The van der Waals surface area contributed by atoms with E-state index in [1.807, 2.05) is 6.07 Å². The fourth-order valence-electron chi connectivity index (χ4n) is 2.09. The van der Waals surface area contributed by atoms with Gasteiger partial charge >= 0.3 is 0 Å². The molecule has 88 valence electrons. The van der Waals surface area contributed by atoms with E-state index in [9.17, 15) is 0 Å². The van der Waals surface area contributed by atoms with Crippen LogP contribution in [0.15, 0.2) is 30.3 Å². The van der Waals surface area contributed by atoms with Crippen molar-refractivity contribution in [2.75, 3.05) is 37.7 Å². The highest BCUT2D eigenvalue weighted by molar-refractivity contribution is 5.46. The number of nitrogens with two attached hydrogens (primary N) is 1. The third kappa shape index (κ3) is 2.20. The molecule has 0 unspecified atom stereocenters. The lowest BCUT2D eigenvalue weighted by Crippen LogP contribution is -2.55. The van der Waals surface area contributed by atoms with Crippen molar-refractivity contribution in [2.24, 2.45) is 11.1 Å². The number of nitrogens with zero attached hydrogens (tertiary/aromatic N) is 1. The Morgan fingerprint density at radius 2 is 2.00 bits per heavy atom. The van der Waals surface area contributed by atoms with Gasteiger partial charge in [-0.25, -0.2) is 0 Å². The Kier molecular flexibility index (Phi) is 3.46. The lowest BCUT2D eigenvalue weighted by molar-refractivity contribution is -0.101. The summed E-state index contributed by atoms with van der Waals surface area (Å²) in [5.41, 5.74) is 7.28. The topological polar surface area (TPSA) is 38.5 Å². The first-order valence-corrected chi connectivity index (χ1v) is 5.87. The summed E-state index contributed by atoms with van der Waals surface area (Å²) in [6, 6.07) is 10.5. The number of hydrogen-bond acceptors (Lipinski definition) is 3. The van der Waals surface area contributed by atoms with E-state index in [2.05, 4.69) is 36.1 Å². The molecule has 2 N–H and O–H groups in total. The monoisotopic (exact) mass is 220 g/mol. The van der Waals surface area contributed by atoms with Gasteiger partial charge in [-0.15, -0.1) is 0 Å². The molecule has 1 aliphatic rings. The summed E-state index contributed by atoms with van der Waals surface area (Å²) >= 11 is 0. The summed E-state index contributed by atoms with van der Waals surface area (Å²) in [4.78, 5) is 2.37. The minimum absolute atomic E-state index is 0.172. The second kappa shape index (κ2) is 4.85. The highest BCUT2D eigenvalue weighted by Gasteiger charge is 2.38. The average Bonchev–Trinajstić information content (AvgIpc) is 2.30.